The molecule has 0 spiro atoms. The van der Waals surface area contributed by atoms with Crippen LogP contribution in [0.1, 0.15) is 35.6 Å². The van der Waals surface area contributed by atoms with Crippen LogP contribution < -0.4 is 9.64 Å². The molecule has 0 N–H and O–H groups in total. The number of para-hydroxylation sites is 2. The van der Waals surface area contributed by atoms with E-state index in [1.807, 2.05) is 31.2 Å². The minimum Gasteiger partial charge on any atom is -0.486 e. The summed E-state index contributed by atoms with van der Waals surface area (Å²) in [6.07, 6.45) is 1.59. The van der Waals surface area contributed by atoms with Crippen molar-refractivity contribution in [3.05, 3.63) is 34.8 Å². The van der Waals surface area contributed by atoms with Crippen molar-refractivity contribution in [1.29, 1.82) is 0 Å². The number of ether oxygens (including phenoxy) is 1. The zero-order chi connectivity index (χ0) is 14.8. The summed E-state index contributed by atoms with van der Waals surface area (Å²) in [5.74, 6) is 0.732. The lowest BCUT2D eigenvalue weighted by molar-refractivity contribution is 0.0957. The molecular weight excluding hydrogens is 286 g/mol. The molecule has 2 heterocycles. The summed E-state index contributed by atoms with van der Waals surface area (Å²) in [7, 11) is 0. The Morgan fingerprint density at radius 1 is 1.43 bits per heavy atom. The zero-order valence-corrected chi connectivity index (χ0v) is 12.9. The number of anilines is 1. The molecule has 6 heteroatoms. The van der Waals surface area contributed by atoms with Crippen LogP contribution in [0.2, 0.25) is 0 Å². The van der Waals surface area contributed by atoms with Gasteiger partial charge in [0, 0.05) is 0 Å². The van der Waals surface area contributed by atoms with Gasteiger partial charge >= 0.3 is 0 Å². The van der Waals surface area contributed by atoms with Gasteiger partial charge in [0.1, 0.15) is 16.7 Å². The number of carbonyl (C=O) groups is 1. The van der Waals surface area contributed by atoms with Crippen molar-refractivity contribution in [3.8, 4) is 5.75 Å². The van der Waals surface area contributed by atoms with Crippen LogP contribution in [-0.2, 0) is 6.42 Å². The molecule has 1 aliphatic heterocycles. The molecule has 0 saturated heterocycles. The third kappa shape index (κ3) is 2.51. The Morgan fingerprint density at radius 3 is 3.00 bits per heavy atom. The van der Waals surface area contributed by atoms with Crippen molar-refractivity contribution < 1.29 is 9.53 Å². The molecule has 1 aromatic heterocycles. The maximum atomic E-state index is 12.9. The SMILES string of the molecule is CCc1nnsc1C(=O)N1C[C@@H](CC)Oc2ccccc21. The van der Waals surface area contributed by atoms with E-state index in [4.69, 9.17) is 4.74 Å². The Morgan fingerprint density at radius 2 is 2.24 bits per heavy atom. The summed E-state index contributed by atoms with van der Waals surface area (Å²) in [4.78, 5) is 15.3. The maximum Gasteiger partial charge on any atom is 0.272 e. The molecule has 5 nitrogen and oxygen atoms in total. The van der Waals surface area contributed by atoms with Crippen LogP contribution in [0.5, 0.6) is 5.75 Å². The van der Waals surface area contributed by atoms with E-state index in [2.05, 4.69) is 16.5 Å². The van der Waals surface area contributed by atoms with Crippen molar-refractivity contribution in [2.24, 2.45) is 0 Å². The second-order valence-electron chi connectivity index (χ2n) is 4.93. The minimum atomic E-state index is -0.0314. The second kappa shape index (κ2) is 5.81. The van der Waals surface area contributed by atoms with Crippen LogP contribution >= 0.6 is 11.5 Å². The summed E-state index contributed by atoms with van der Waals surface area (Å²) in [5, 5.41) is 4.04. The topological polar surface area (TPSA) is 55.3 Å². The van der Waals surface area contributed by atoms with E-state index in [0.717, 1.165) is 23.6 Å². The molecule has 2 aromatic rings. The molecule has 0 bridgehead atoms. The van der Waals surface area contributed by atoms with Crippen LogP contribution in [0.15, 0.2) is 24.3 Å². The molecule has 0 fully saturated rings. The fourth-order valence-corrected chi connectivity index (χ4v) is 3.13. The Kier molecular flexibility index (Phi) is 3.88. The first-order valence-electron chi connectivity index (χ1n) is 7.13. The van der Waals surface area contributed by atoms with Crippen LogP contribution in [0.25, 0.3) is 0 Å². The first-order chi connectivity index (χ1) is 10.2. The fourth-order valence-electron chi connectivity index (χ4n) is 2.43. The van der Waals surface area contributed by atoms with Gasteiger partial charge in [-0.3, -0.25) is 4.79 Å². The lowest BCUT2D eigenvalue weighted by Gasteiger charge is -2.34. The maximum absolute atomic E-state index is 12.9. The molecule has 1 atom stereocenters. The van der Waals surface area contributed by atoms with E-state index in [1.165, 1.54) is 11.5 Å². The second-order valence-corrected chi connectivity index (χ2v) is 5.69. The Labute approximate surface area is 127 Å². The standard InChI is InChI=1S/C15H17N3O2S/c1-3-10-9-18(12-7-5-6-8-13(12)20-10)15(19)14-11(4-2)16-17-21-14/h5-8,10H,3-4,9H2,1-2H3/t10-/m1/s1. The van der Waals surface area contributed by atoms with Crippen LogP contribution in [-0.4, -0.2) is 28.1 Å². The summed E-state index contributed by atoms with van der Waals surface area (Å²) >= 11 is 1.17. The largest absolute Gasteiger partial charge is 0.486 e. The third-order valence-electron chi connectivity index (χ3n) is 3.62. The normalized spacial score (nSPS) is 17.2. The number of rotatable bonds is 3. The van der Waals surface area contributed by atoms with Gasteiger partial charge in [-0.25, -0.2) is 0 Å². The van der Waals surface area contributed by atoms with E-state index in [1.54, 1.807) is 4.90 Å². The van der Waals surface area contributed by atoms with E-state index in [9.17, 15) is 4.79 Å². The number of hydrogen-bond donors (Lipinski definition) is 0. The number of aryl methyl sites for hydroxylation is 1. The number of benzene rings is 1. The smallest absolute Gasteiger partial charge is 0.272 e. The van der Waals surface area contributed by atoms with Gasteiger partial charge < -0.3 is 9.64 Å². The van der Waals surface area contributed by atoms with Crippen molar-refractivity contribution in [1.82, 2.24) is 9.59 Å². The highest BCUT2D eigenvalue weighted by atomic mass is 32.1. The number of nitrogens with zero attached hydrogens (tertiary/aromatic N) is 3. The lowest BCUT2D eigenvalue weighted by atomic mass is 10.1. The van der Waals surface area contributed by atoms with E-state index >= 15 is 0 Å². The first-order valence-corrected chi connectivity index (χ1v) is 7.90. The quantitative estimate of drug-likeness (QED) is 0.875. The van der Waals surface area contributed by atoms with Crippen LogP contribution in [0.3, 0.4) is 0 Å². The van der Waals surface area contributed by atoms with Crippen molar-refractivity contribution in [3.63, 3.8) is 0 Å². The highest BCUT2D eigenvalue weighted by Crippen LogP contribution is 2.35. The molecule has 3 rings (SSSR count). The molecule has 1 aliphatic rings. The monoisotopic (exact) mass is 303 g/mol. The average Bonchev–Trinajstić information content (AvgIpc) is 3.01. The van der Waals surface area contributed by atoms with Crippen molar-refractivity contribution in [2.75, 3.05) is 11.4 Å². The summed E-state index contributed by atoms with van der Waals surface area (Å²) < 4.78 is 9.83. The highest BCUT2D eigenvalue weighted by molar-refractivity contribution is 7.08. The minimum absolute atomic E-state index is 0.0230. The Balaban J connectivity index is 1.99. The number of amides is 1. The Bertz CT molecular complexity index is 656. The molecule has 0 unspecified atom stereocenters. The molecule has 1 aromatic carbocycles. The molecule has 0 radical (unpaired) electrons. The predicted molar refractivity (Wildman–Crippen MR) is 82.1 cm³/mol. The van der Waals surface area contributed by atoms with E-state index in [-0.39, 0.29) is 12.0 Å². The summed E-state index contributed by atoms with van der Waals surface area (Å²) in [5.41, 5.74) is 1.59. The molecular formula is C15H17N3O2S. The van der Waals surface area contributed by atoms with Crippen molar-refractivity contribution in [2.45, 2.75) is 32.8 Å². The first kappa shape index (κ1) is 14.0. The van der Waals surface area contributed by atoms with Gasteiger partial charge in [-0.05, 0) is 36.5 Å². The highest BCUT2D eigenvalue weighted by Gasteiger charge is 2.31. The average molecular weight is 303 g/mol. The molecule has 0 aliphatic carbocycles. The van der Waals surface area contributed by atoms with E-state index in [0.29, 0.717) is 17.8 Å². The fraction of sp³-hybridized carbons (Fsp3) is 0.400. The molecule has 21 heavy (non-hydrogen) atoms. The summed E-state index contributed by atoms with van der Waals surface area (Å²) in [6.45, 7) is 4.61. The molecule has 1 amide bonds. The number of hydrogen-bond acceptors (Lipinski definition) is 5. The lowest BCUT2D eigenvalue weighted by Crippen LogP contribution is -2.43. The van der Waals surface area contributed by atoms with Gasteiger partial charge in [0.2, 0.25) is 0 Å². The summed E-state index contributed by atoms with van der Waals surface area (Å²) in [6, 6.07) is 7.66. The zero-order valence-electron chi connectivity index (χ0n) is 12.1. The van der Waals surface area contributed by atoms with Crippen LogP contribution in [0.4, 0.5) is 5.69 Å². The van der Waals surface area contributed by atoms with E-state index < -0.39 is 0 Å². The van der Waals surface area contributed by atoms with Gasteiger partial charge in [-0.15, -0.1) is 5.10 Å². The van der Waals surface area contributed by atoms with Crippen LogP contribution in [0, 0.1) is 0 Å². The van der Waals surface area contributed by atoms with Gasteiger partial charge in [0.05, 0.1) is 17.9 Å². The van der Waals surface area contributed by atoms with Gasteiger partial charge in [0.25, 0.3) is 5.91 Å². The molecule has 0 saturated carbocycles. The number of fused-ring (bicyclic) bond motifs is 1. The van der Waals surface area contributed by atoms with Gasteiger partial charge in [0.15, 0.2) is 0 Å². The molecule has 110 valence electrons. The Hall–Kier alpha value is -1.95. The van der Waals surface area contributed by atoms with Gasteiger partial charge in [-0.1, -0.05) is 30.5 Å². The van der Waals surface area contributed by atoms with Crippen molar-refractivity contribution >= 4 is 23.1 Å². The number of aromatic nitrogens is 2. The number of carbonyl (C=O) groups excluding carboxylic acids is 1. The third-order valence-corrected chi connectivity index (χ3v) is 4.38. The van der Waals surface area contributed by atoms with Gasteiger partial charge in [-0.2, -0.15) is 0 Å². The predicted octanol–water partition coefficient (Wildman–Crippen LogP) is 2.92.